The zero-order valence-corrected chi connectivity index (χ0v) is 8.75. The van der Waals surface area contributed by atoms with Gasteiger partial charge in [-0.3, -0.25) is 4.90 Å². The lowest BCUT2D eigenvalue weighted by Gasteiger charge is -2.39. The van der Waals surface area contributed by atoms with Crippen LogP contribution in [0, 0.1) is 0 Å². The first-order valence-corrected chi connectivity index (χ1v) is 4.70. The molecule has 1 saturated heterocycles. The molecule has 4 heteroatoms. The molecule has 1 heterocycles. The Kier molecular flexibility index (Phi) is 4.66. The Bertz CT molecular complexity index is 126. The van der Waals surface area contributed by atoms with Crippen LogP contribution in [0.2, 0.25) is 0 Å². The van der Waals surface area contributed by atoms with Crippen molar-refractivity contribution in [2.75, 3.05) is 47.6 Å². The molecule has 0 aromatic heterocycles. The minimum atomic E-state index is 0.471. The van der Waals surface area contributed by atoms with Crippen LogP contribution >= 0.6 is 0 Å². The Labute approximate surface area is 80.2 Å². The Morgan fingerprint density at radius 1 is 1.15 bits per heavy atom. The molecule has 1 aliphatic heterocycles. The van der Waals surface area contributed by atoms with Gasteiger partial charge >= 0.3 is 0 Å². The van der Waals surface area contributed by atoms with Crippen LogP contribution in [0.25, 0.3) is 0 Å². The molecule has 0 aromatic rings. The highest BCUT2D eigenvalue weighted by Crippen LogP contribution is 2.07. The first-order chi connectivity index (χ1) is 6.29. The molecule has 2 atom stereocenters. The number of nitrogens with zero attached hydrogens (tertiary/aromatic N) is 1. The lowest BCUT2D eigenvalue weighted by Crippen LogP contribution is -2.58. The second kappa shape index (κ2) is 5.54. The highest BCUT2D eigenvalue weighted by molar-refractivity contribution is 4.84. The molecule has 1 rings (SSSR count). The molecule has 0 radical (unpaired) electrons. The quantitative estimate of drug-likeness (QED) is 0.648. The van der Waals surface area contributed by atoms with E-state index < -0.39 is 0 Å². The molecule has 0 spiro atoms. The van der Waals surface area contributed by atoms with Crippen molar-refractivity contribution in [1.29, 1.82) is 0 Å². The van der Waals surface area contributed by atoms with Crippen LogP contribution in [-0.2, 0) is 9.47 Å². The van der Waals surface area contributed by atoms with Crippen molar-refractivity contribution in [2.45, 2.75) is 12.1 Å². The molecule has 1 N–H and O–H groups in total. The van der Waals surface area contributed by atoms with Crippen molar-refractivity contribution < 1.29 is 9.47 Å². The van der Waals surface area contributed by atoms with E-state index in [-0.39, 0.29) is 0 Å². The van der Waals surface area contributed by atoms with Crippen LogP contribution in [0.15, 0.2) is 0 Å². The van der Waals surface area contributed by atoms with Gasteiger partial charge < -0.3 is 14.8 Å². The molecule has 0 aromatic carbocycles. The van der Waals surface area contributed by atoms with E-state index in [0.29, 0.717) is 12.1 Å². The molecular weight excluding hydrogens is 168 g/mol. The van der Waals surface area contributed by atoms with Crippen LogP contribution in [-0.4, -0.2) is 64.6 Å². The van der Waals surface area contributed by atoms with Crippen molar-refractivity contribution in [2.24, 2.45) is 0 Å². The summed E-state index contributed by atoms with van der Waals surface area (Å²) in [6.45, 7) is 3.57. The van der Waals surface area contributed by atoms with E-state index >= 15 is 0 Å². The molecule has 1 fully saturated rings. The number of methoxy groups -OCH3 is 2. The third-order valence-electron chi connectivity index (χ3n) is 2.63. The summed E-state index contributed by atoms with van der Waals surface area (Å²) >= 11 is 0. The molecular formula is C9H20N2O2. The van der Waals surface area contributed by atoms with Gasteiger partial charge in [-0.2, -0.15) is 0 Å². The average Bonchev–Trinajstić information content (AvgIpc) is 2.13. The van der Waals surface area contributed by atoms with E-state index in [9.17, 15) is 0 Å². The molecule has 1 aliphatic rings. The fourth-order valence-corrected chi connectivity index (χ4v) is 1.74. The standard InChI is InChI=1S/C9H20N2O2/c1-11-8(6-12-2)4-10-5-9(11)7-13-3/h8-10H,4-7H2,1-3H3/t8-,9-/m1/s1. The van der Waals surface area contributed by atoms with Crippen molar-refractivity contribution >= 4 is 0 Å². The summed E-state index contributed by atoms with van der Waals surface area (Å²) in [6.07, 6.45) is 0. The van der Waals surface area contributed by atoms with Crippen LogP contribution in [0.5, 0.6) is 0 Å². The van der Waals surface area contributed by atoms with Crippen LogP contribution in [0.3, 0.4) is 0 Å². The van der Waals surface area contributed by atoms with Crippen LogP contribution < -0.4 is 5.32 Å². The summed E-state index contributed by atoms with van der Waals surface area (Å²) in [5.41, 5.74) is 0. The van der Waals surface area contributed by atoms with E-state index in [0.717, 1.165) is 26.3 Å². The smallest absolute Gasteiger partial charge is 0.0630 e. The minimum Gasteiger partial charge on any atom is -0.383 e. The van der Waals surface area contributed by atoms with Gasteiger partial charge in [0.15, 0.2) is 0 Å². The van der Waals surface area contributed by atoms with Gasteiger partial charge in [0.1, 0.15) is 0 Å². The fourth-order valence-electron chi connectivity index (χ4n) is 1.74. The largest absolute Gasteiger partial charge is 0.383 e. The monoisotopic (exact) mass is 188 g/mol. The third kappa shape index (κ3) is 2.91. The van der Waals surface area contributed by atoms with Crippen molar-refractivity contribution in [3.63, 3.8) is 0 Å². The number of ether oxygens (including phenoxy) is 2. The Morgan fingerprint density at radius 3 is 2.00 bits per heavy atom. The summed E-state index contributed by atoms with van der Waals surface area (Å²) in [7, 11) is 5.62. The molecule has 0 bridgehead atoms. The number of nitrogens with one attached hydrogen (secondary N) is 1. The number of likely N-dealkylation sites (N-methyl/N-ethyl adjacent to an activating group) is 1. The van der Waals surface area contributed by atoms with Gasteiger partial charge in [-0.05, 0) is 7.05 Å². The average molecular weight is 188 g/mol. The van der Waals surface area contributed by atoms with E-state index in [4.69, 9.17) is 9.47 Å². The number of piperazine rings is 1. The maximum Gasteiger partial charge on any atom is 0.0630 e. The second-order valence-electron chi connectivity index (χ2n) is 3.54. The zero-order chi connectivity index (χ0) is 9.68. The van der Waals surface area contributed by atoms with Gasteiger partial charge in [0, 0.05) is 39.4 Å². The summed E-state index contributed by atoms with van der Waals surface area (Å²) in [5.74, 6) is 0. The fraction of sp³-hybridized carbons (Fsp3) is 1.00. The number of hydrogen-bond donors (Lipinski definition) is 1. The van der Waals surface area contributed by atoms with Crippen LogP contribution in [0.4, 0.5) is 0 Å². The minimum absolute atomic E-state index is 0.471. The first kappa shape index (κ1) is 10.9. The van der Waals surface area contributed by atoms with Crippen molar-refractivity contribution in [1.82, 2.24) is 10.2 Å². The molecule has 0 aliphatic carbocycles. The first-order valence-electron chi connectivity index (χ1n) is 4.70. The topological polar surface area (TPSA) is 33.7 Å². The molecule has 0 unspecified atom stereocenters. The van der Waals surface area contributed by atoms with Gasteiger partial charge in [-0.1, -0.05) is 0 Å². The highest BCUT2D eigenvalue weighted by atomic mass is 16.5. The van der Waals surface area contributed by atoms with Gasteiger partial charge in [-0.25, -0.2) is 0 Å². The summed E-state index contributed by atoms with van der Waals surface area (Å²) in [6, 6.07) is 0.942. The lowest BCUT2D eigenvalue weighted by atomic mass is 10.1. The molecule has 13 heavy (non-hydrogen) atoms. The second-order valence-corrected chi connectivity index (χ2v) is 3.54. The maximum absolute atomic E-state index is 5.16. The highest BCUT2D eigenvalue weighted by Gasteiger charge is 2.26. The Morgan fingerprint density at radius 2 is 1.62 bits per heavy atom. The van der Waals surface area contributed by atoms with Crippen molar-refractivity contribution in [3.8, 4) is 0 Å². The van der Waals surface area contributed by atoms with E-state index in [1.165, 1.54) is 0 Å². The molecule has 78 valence electrons. The van der Waals surface area contributed by atoms with Gasteiger partial charge in [0.05, 0.1) is 13.2 Å². The predicted molar refractivity (Wildman–Crippen MR) is 52.0 cm³/mol. The third-order valence-corrected chi connectivity index (χ3v) is 2.63. The normalized spacial score (nSPS) is 30.7. The predicted octanol–water partition coefficient (Wildman–Crippen LogP) is -0.449. The Balaban J connectivity index is 2.40. The Hall–Kier alpha value is -0.160. The van der Waals surface area contributed by atoms with Crippen LogP contribution in [0.1, 0.15) is 0 Å². The summed E-state index contributed by atoms with van der Waals surface area (Å²) < 4.78 is 10.3. The van der Waals surface area contributed by atoms with E-state index in [1.54, 1.807) is 14.2 Å². The van der Waals surface area contributed by atoms with Crippen molar-refractivity contribution in [3.05, 3.63) is 0 Å². The molecule has 0 saturated carbocycles. The van der Waals surface area contributed by atoms with E-state index in [2.05, 4.69) is 17.3 Å². The molecule has 4 nitrogen and oxygen atoms in total. The summed E-state index contributed by atoms with van der Waals surface area (Å²) in [5, 5.41) is 3.38. The number of rotatable bonds is 4. The van der Waals surface area contributed by atoms with Gasteiger partial charge in [-0.15, -0.1) is 0 Å². The van der Waals surface area contributed by atoms with Gasteiger partial charge in [0.25, 0.3) is 0 Å². The maximum atomic E-state index is 5.16. The number of hydrogen-bond acceptors (Lipinski definition) is 4. The van der Waals surface area contributed by atoms with E-state index in [1.807, 2.05) is 0 Å². The lowest BCUT2D eigenvalue weighted by molar-refractivity contribution is 0.0239. The SMILES string of the molecule is COC[C@H]1CNC[C@H](COC)N1C. The zero-order valence-electron chi connectivity index (χ0n) is 8.75. The van der Waals surface area contributed by atoms with Gasteiger partial charge in [0.2, 0.25) is 0 Å². The summed E-state index contributed by atoms with van der Waals surface area (Å²) in [4.78, 5) is 2.34. The molecule has 0 amide bonds.